The van der Waals surface area contributed by atoms with Crippen molar-refractivity contribution in [1.29, 1.82) is 0 Å². The average Bonchev–Trinajstić information content (AvgIpc) is 3.61. The number of oxazole rings is 2. The number of pyridine rings is 2. The fourth-order valence-corrected chi connectivity index (χ4v) is 4.86. The first-order chi connectivity index (χ1) is 18.9. The predicted molar refractivity (Wildman–Crippen MR) is 148 cm³/mol. The molecule has 1 amide bonds. The molecular weight excluding hydrogens is 542 g/mol. The van der Waals surface area contributed by atoms with E-state index in [4.69, 9.17) is 18.6 Å². The number of hydrogen-bond acceptors (Lipinski definition) is 12. The van der Waals surface area contributed by atoms with Gasteiger partial charge in [-0.3, -0.25) is 9.78 Å². The van der Waals surface area contributed by atoms with Crippen LogP contribution in [0.15, 0.2) is 39.5 Å². The third-order valence-electron chi connectivity index (χ3n) is 6.91. The summed E-state index contributed by atoms with van der Waals surface area (Å²) in [6.45, 7) is 4.64. The number of hydrogen-bond donors (Lipinski definition) is 3. The lowest BCUT2D eigenvalue weighted by Gasteiger charge is -2.39. The number of morpholine rings is 1. The molecule has 0 bridgehead atoms. The summed E-state index contributed by atoms with van der Waals surface area (Å²) in [7, 11) is 0. The third-order valence-corrected chi connectivity index (χ3v) is 6.91. The van der Waals surface area contributed by atoms with E-state index in [9.17, 15) is 15.0 Å². The maximum Gasteiger partial charge on any atom is 0.300 e. The van der Waals surface area contributed by atoms with Crippen LogP contribution < -0.4 is 15.1 Å². The number of aryl methyl sites for hydroxylation is 1. The van der Waals surface area contributed by atoms with Crippen molar-refractivity contribution in [2.24, 2.45) is 0 Å². The Bertz CT molecular complexity index is 1500. The lowest BCUT2D eigenvalue weighted by molar-refractivity contribution is -0.0242. The number of nitrogens with one attached hydrogen (secondary N) is 1. The predicted octanol–water partition coefficient (Wildman–Crippen LogP) is 2.42. The second-order valence-corrected chi connectivity index (χ2v) is 9.86. The van der Waals surface area contributed by atoms with Crippen molar-refractivity contribution in [2.75, 3.05) is 61.1 Å². The fourth-order valence-electron chi connectivity index (χ4n) is 4.86. The van der Waals surface area contributed by atoms with Crippen LogP contribution in [0.5, 0.6) is 0 Å². The number of nitrogens with zero attached hydrogens (tertiary/aromatic N) is 6. The van der Waals surface area contributed by atoms with Crippen molar-refractivity contribution in [2.45, 2.75) is 25.4 Å². The first-order valence-electron chi connectivity index (χ1n) is 12.8. The van der Waals surface area contributed by atoms with Gasteiger partial charge in [-0.05, 0) is 31.9 Å². The maximum absolute atomic E-state index is 13.3. The molecule has 0 aliphatic carbocycles. The highest BCUT2D eigenvalue weighted by Gasteiger charge is 2.35. The minimum Gasteiger partial charge on any atom is -0.444 e. The Hall–Kier alpha value is -3.78. The molecule has 3 N–H and O–H groups in total. The number of amides is 1. The van der Waals surface area contributed by atoms with Gasteiger partial charge in [0.2, 0.25) is 11.5 Å². The van der Waals surface area contributed by atoms with Crippen LogP contribution in [-0.2, 0) is 4.74 Å². The molecule has 1 atom stereocenters. The molecule has 2 aliphatic heterocycles. The lowest BCUT2D eigenvalue weighted by Crippen LogP contribution is -2.51. The Morgan fingerprint density at radius 1 is 1.15 bits per heavy atom. The second kappa shape index (κ2) is 11.4. The number of carbonyl (C=O) groups is 1. The molecule has 212 valence electrons. The minimum absolute atomic E-state index is 0. The number of anilines is 3. The smallest absolute Gasteiger partial charge is 0.300 e. The number of aliphatic hydroxyl groups excluding tert-OH is 1. The summed E-state index contributed by atoms with van der Waals surface area (Å²) in [4.78, 5) is 34.9. The Kier molecular flexibility index (Phi) is 7.90. The zero-order valence-electron chi connectivity index (χ0n) is 21.9. The lowest BCUT2D eigenvalue weighted by atomic mass is 9.94. The van der Waals surface area contributed by atoms with Crippen LogP contribution >= 0.6 is 12.4 Å². The van der Waals surface area contributed by atoms with Crippen molar-refractivity contribution >= 4 is 47.1 Å². The zero-order valence-corrected chi connectivity index (χ0v) is 22.7. The number of fused-ring (bicyclic) bond motifs is 1. The van der Waals surface area contributed by atoms with Gasteiger partial charge in [-0.25, -0.2) is 9.97 Å². The number of piperidine rings is 1. The van der Waals surface area contributed by atoms with E-state index in [1.54, 1.807) is 18.3 Å². The molecule has 14 heteroatoms. The molecule has 40 heavy (non-hydrogen) atoms. The summed E-state index contributed by atoms with van der Waals surface area (Å²) in [5.74, 6) is 0.215. The molecule has 2 aliphatic rings. The number of halogens is 1. The fraction of sp³-hybridized carbons (Fsp3) is 0.423. The van der Waals surface area contributed by atoms with Crippen LogP contribution in [0.1, 0.15) is 29.0 Å². The number of rotatable bonds is 6. The summed E-state index contributed by atoms with van der Waals surface area (Å²) in [6, 6.07) is 5.67. The monoisotopic (exact) mass is 571 g/mol. The Morgan fingerprint density at radius 3 is 2.75 bits per heavy atom. The Labute approximate surface area is 235 Å². The van der Waals surface area contributed by atoms with Gasteiger partial charge in [0.1, 0.15) is 11.9 Å². The molecule has 13 nitrogen and oxygen atoms in total. The normalized spacial score (nSPS) is 19.5. The molecule has 4 aromatic heterocycles. The van der Waals surface area contributed by atoms with Crippen molar-refractivity contribution in [3.8, 4) is 11.5 Å². The van der Waals surface area contributed by atoms with Crippen molar-refractivity contribution in [1.82, 2.24) is 19.9 Å². The topological polar surface area (TPSA) is 163 Å². The van der Waals surface area contributed by atoms with Gasteiger partial charge in [0, 0.05) is 43.2 Å². The molecular formula is C26H30ClN7O6. The zero-order chi connectivity index (χ0) is 27.0. The van der Waals surface area contributed by atoms with Crippen LogP contribution in [0.4, 0.5) is 17.5 Å². The second-order valence-electron chi connectivity index (χ2n) is 9.86. The van der Waals surface area contributed by atoms with Gasteiger partial charge in [0.25, 0.3) is 11.9 Å². The van der Waals surface area contributed by atoms with Gasteiger partial charge < -0.3 is 38.9 Å². The van der Waals surface area contributed by atoms with Gasteiger partial charge in [0.15, 0.2) is 17.1 Å². The van der Waals surface area contributed by atoms with Gasteiger partial charge >= 0.3 is 0 Å². The van der Waals surface area contributed by atoms with Crippen LogP contribution in [0.3, 0.4) is 0 Å². The molecule has 1 unspecified atom stereocenters. The highest BCUT2D eigenvalue weighted by molar-refractivity contribution is 6.05. The summed E-state index contributed by atoms with van der Waals surface area (Å²) in [6.07, 6.45) is 4.05. The van der Waals surface area contributed by atoms with E-state index in [1.807, 2.05) is 22.8 Å². The Morgan fingerprint density at radius 2 is 1.98 bits per heavy atom. The molecule has 4 aromatic rings. The van der Waals surface area contributed by atoms with Crippen molar-refractivity contribution < 1.29 is 28.6 Å². The van der Waals surface area contributed by atoms with E-state index < -0.39 is 11.5 Å². The van der Waals surface area contributed by atoms with Crippen molar-refractivity contribution in [3.05, 3.63) is 42.0 Å². The molecule has 0 radical (unpaired) electrons. The first kappa shape index (κ1) is 27.8. The number of aliphatic hydroxyl groups is 2. The summed E-state index contributed by atoms with van der Waals surface area (Å²) in [5, 5.41) is 23.5. The standard InChI is InChI=1S/C26H29N7O6.ClH/c1-16-11-17(3-5-27-16)24-29-19(13-38-24)23(35)28-18-12-20-21(31-25(39-20)32-7-9-37-10-8-32)30-22(18)33-6-2-4-26(36,14-33)15-34;/h3,5,11-13,34,36H,2,4,6-10,14-15H2,1H3,(H,28,35);1H. The van der Waals surface area contributed by atoms with Gasteiger partial charge in [-0.15, -0.1) is 12.4 Å². The van der Waals surface area contributed by atoms with E-state index >= 15 is 0 Å². The van der Waals surface area contributed by atoms with E-state index in [-0.39, 0.29) is 31.3 Å². The number of ether oxygens (including phenoxy) is 1. The molecule has 6 rings (SSSR count). The van der Waals surface area contributed by atoms with Gasteiger partial charge in [0.05, 0.1) is 32.1 Å². The highest BCUT2D eigenvalue weighted by atomic mass is 35.5. The number of β-amino-alcohol motifs (C(OH)–C–C–N with tert-alkyl or cyclic N) is 1. The molecule has 0 spiro atoms. The average molecular weight is 572 g/mol. The first-order valence-corrected chi connectivity index (χ1v) is 12.8. The van der Waals surface area contributed by atoms with E-state index in [1.165, 1.54) is 6.26 Å². The van der Waals surface area contributed by atoms with Crippen LogP contribution in [0, 0.1) is 6.92 Å². The van der Waals surface area contributed by atoms with Gasteiger partial charge in [-0.1, -0.05) is 0 Å². The number of aromatic nitrogens is 4. The van der Waals surface area contributed by atoms with E-state index in [0.29, 0.717) is 85.9 Å². The quantitative estimate of drug-likeness (QED) is 0.310. The van der Waals surface area contributed by atoms with E-state index in [0.717, 1.165) is 5.69 Å². The summed E-state index contributed by atoms with van der Waals surface area (Å²) < 4.78 is 17.0. The van der Waals surface area contributed by atoms with Crippen molar-refractivity contribution in [3.63, 3.8) is 0 Å². The summed E-state index contributed by atoms with van der Waals surface area (Å²) in [5.41, 5.74) is 1.46. The molecule has 6 heterocycles. The van der Waals surface area contributed by atoms with Gasteiger partial charge in [-0.2, -0.15) is 4.98 Å². The van der Waals surface area contributed by atoms with Crippen LogP contribution in [0.2, 0.25) is 0 Å². The van der Waals surface area contributed by atoms with E-state index in [2.05, 4.69) is 20.3 Å². The minimum atomic E-state index is -1.28. The molecule has 0 saturated carbocycles. The number of carbonyl (C=O) groups excluding carboxylic acids is 1. The molecule has 2 saturated heterocycles. The largest absolute Gasteiger partial charge is 0.444 e. The maximum atomic E-state index is 13.3. The third kappa shape index (κ3) is 5.59. The summed E-state index contributed by atoms with van der Waals surface area (Å²) >= 11 is 0. The Balaban J connectivity index is 0.00000323. The van der Waals surface area contributed by atoms with Crippen LogP contribution in [0.25, 0.3) is 22.7 Å². The highest BCUT2D eigenvalue weighted by Crippen LogP contribution is 2.34. The van der Waals surface area contributed by atoms with Crippen LogP contribution in [-0.4, -0.2) is 87.7 Å². The molecule has 2 fully saturated rings. The molecule has 0 aromatic carbocycles. The SMILES string of the molecule is Cc1cc(-c2nc(C(=O)Nc3cc4oc(N5CCOCC5)nc4nc3N3CCCC(O)(CO)C3)co2)ccn1.Cl.